The van der Waals surface area contributed by atoms with Crippen LogP contribution in [0.2, 0.25) is 0 Å². The first kappa shape index (κ1) is 15.0. The lowest BCUT2D eigenvalue weighted by molar-refractivity contribution is -0.138. The van der Waals surface area contributed by atoms with Gasteiger partial charge in [0, 0.05) is 18.5 Å². The molecule has 1 aliphatic rings. The number of rotatable bonds is 4. The summed E-state index contributed by atoms with van der Waals surface area (Å²) in [4.78, 5) is 19.9. The maximum atomic E-state index is 12.4. The van der Waals surface area contributed by atoms with Crippen LogP contribution in [0.4, 0.5) is 5.82 Å². The molecule has 1 N–H and O–H groups in total. The molecule has 0 spiro atoms. The van der Waals surface area contributed by atoms with Crippen LogP contribution < -0.4 is 5.32 Å². The Bertz CT molecular complexity index is 630. The number of pyridine rings is 1. The highest BCUT2D eigenvalue weighted by molar-refractivity contribution is 7.10. The molecule has 6 heteroatoms. The molecule has 1 aliphatic heterocycles. The van der Waals surface area contributed by atoms with Gasteiger partial charge in [-0.3, -0.25) is 4.79 Å². The van der Waals surface area contributed by atoms with Crippen molar-refractivity contribution in [1.29, 1.82) is 0 Å². The highest BCUT2D eigenvalue weighted by Gasteiger charge is 2.26. The third kappa shape index (κ3) is 3.45. The van der Waals surface area contributed by atoms with E-state index in [0.29, 0.717) is 26.1 Å². The molecule has 2 aromatic rings. The molecule has 1 saturated heterocycles. The third-order valence-corrected chi connectivity index (χ3v) is 4.56. The zero-order valence-corrected chi connectivity index (χ0v) is 13.3. The molecule has 0 aliphatic carbocycles. The van der Waals surface area contributed by atoms with E-state index in [0.717, 1.165) is 16.4 Å². The van der Waals surface area contributed by atoms with Gasteiger partial charge in [0.1, 0.15) is 11.9 Å². The van der Waals surface area contributed by atoms with Crippen LogP contribution in [0.3, 0.4) is 0 Å². The molecule has 3 rings (SSSR count). The van der Waals surface area contributed by atoms with Crippen molar-refractivity contribution in [2.45, 2.75) is 12.5 Å². The average Bonchev–Trinajstić information content (AvgIpc) is 3.08. The van der Waals surface area contributed by atoms with Crippen molar-refractivity contribution >= 4 is 23.1 Å². The Hall–Kier alpha value is -1.92. The number of nitrogens with one attached hydrogen (secondary N) is 1. The van der Waals surface area contributed by atoms with Crippen molar-refractivity contribution in [3.05, 3.63) is 46.3 Å². The highest BCUT2D eigenvalue weighted by atomic mass is 32.1. The molecular weight excluding hydrogens is 298 g/mol. The fraction of sp³-hybridized carbons (Fsp3) is 0.375. The van der Waals surface area contributed by atoms with Gasteiger partial charge in [0.05, 0.1) is 25.3 Å². The van der Waals surface area contributed by atoms with Crippen molar-refractivity contribution in [2.75, 3.05) is 32.1 Å². The summed E-state index contributed by atoms with van der Waals surface area (Å²) >= 11 is 1.62. The Balaban J connectivity index is 1.67. The first-order valence-corrected chi connectivity index (χ1v) is 8.20. The minimum Gasteiger partial charge on any atom is -0.373 e. The van der Waals surface area contributed by atoms with Crippen molar-refractivity contribution in [2.24, 2.45) is 0 Å². The van der Waals surface area contributed by atoms with Crippen LogP contribution in [0.25, 0.3) is 0 Å². The number of ether oxygens (including phenoxy) is 1. The predicted molar refractivity (Wildman–Crippen MR) is 87.1 cm³/mol. The van der Waals surface area contributed by atoms with Gasteiger partial charge in [-0.2, -0.15) is 0 Å². The number of hydrogen-bond donors (Lipinski definition) is 1. The molecule has 3 heterocycles. The van der Waals surface area contributed by atoms with Gasteiger partial charge in [-0.25, -0.2) is 4.98 Å². The number of nitrogens with zero attached hydrogens (tertiary/aromatic N) is 2. The van der Waals surface area contributed by atoms with Crippen LogP contribution in [-0.2, 0) is 16.0 Å². The SMILES string of the molecule is CNc1cccc([C@@H]2CN(C(=O)Cc3cccs3)CCO2)n1. The standard InChI is InChI=1S/C16H19N3O2S/c1-17-15-6-2-5-13(18-15)14-11-19(7-8-21-14)16(20)10-12-4-3-9-22-12/h2-6,9,14H,7-8,10-11H2,1H3,(H,17,18)/t14-/m0/s1. The Morgan fingerprint density at radius 1 is 1.45 bits per heavy atom. The Morgan fingerprint density at radius 2 is 2.36 bits per heavy atom. The second kappa shape index (κ2) is 6.89. The monoisotopic (exact) mass is 317 g/mol. The average molecular weight is 317 g/mol. The number of morpholine rings is 1. The van der Waals surface area contributed by atoms with Gasteiger partial charge in [-0.15, -0.1) is 11.3 Å². The zero-order valence-electron chi connectivity index (χ0n) is 12.5. The van der Waals surface area contributed by atoms with Gasteiger partial charge in [0.15, 0.2) is 0 Å². The number of thiophene rings is 1. The van der Waals surface area contributed by atoms with Gasteiger partial charge < -0.3 is 15.0 Å². The van der Waals surface area contributed by atoms with Crippen LogP contribution in [0, 0.1) is 0 Å². The second-order valence-electron chi connectivity index (χ2n) is 5.15. The van der Waals surface area contributed by atoms with E-state index < -0.39 is 0 Å². The Labute approximate surface area is 133 Å². The number of amides is 1. The Kier molecular flexibility index (Phi) is 4.70. The summed E-state index contributed by atoms with van der Waals surface area (Å²) in [6.07, 6.45) is 0.309. The molecule has 1 amide bonds. The molecule has 0 radical (unpaired) electrons. The summed E-state index contributed by atoms with van der Waals surface area (Å²) in [5, 5.41) is 5.02. The van der Waals surface area contributed by atoms with Gasteiger partial charge in [-0.05, 0) is 23.6 Å². The number of hydrogen-bond acceptors (Lipinski definition) is 5. The van der Waals surface area contributed by atoms with Crippen LogP contribution in [0.5, 0.6) is 0 Å². The van der Waals surface area contributed by atoms with E-state index in [1.54, 1.807) is 11.3 Å². The van der Waals surface area contributed by atoms with E-state index in [2.05, 4.69) is 10.3 Å². The van der Waals surface area contributed by atoms with Gasteiger partial charge >= 0.3 is 0 Å². The molecule has 0 bridgehead atoms. The molecule has 0 aromatic carbocycles. The molecule has 22 heavy (non-hydrogen) atoms. The molecule has 5 nitrogen and oxygen atoms in total. The number of anilines is 1. The third-order valence-electron chi connectivity index (χ3n) is 3.68. The lowest BCUT2D eigenvalue weighted by atomic mass is 10.1. The summed E-state index contributed by atoms with van der Waals surface area (Å²) in [6, 6.07) is 9.77. The van der Waals surface area contributed by atoms with Crippen LogP contribution >= 0.6 is 11.3 Å². The van der Waals surface area contributed by atoms with E-state index in [9.17, 15) is 4.79 Å². The molecule has 0 saturated carbocycles. The van der Waals surface area contributed by atoms with E-state index >= 15 is 0 Å². The first-order valence-electron chi connectivity index (χ1n) is 7.32. The normalized spacial score (nSPS) is 18.2. The van der Waals surface area contributed by atoms with E-state index in [1.165, 1.54) is 0 Å². The fourth-order valence-electron chi connectivity index (χ4n) is 2.50. The maximum Gasteiger partial charge on any atom is 0.228 e. The lowest BCUT2D eigenvalue weighted by Crippen LogP contribution is -2.43. The summed E-state index contributed by atoms with van der Waals surface area (Å²) in [5.41, 5.74) is 0.862. The zero-order chi connectivity index (χ0) is 15.4. The summed E-state index contributed by atoms with van der Waals surface area (Å²) in [6.45, 7) is 1.75. The molecule has 1 atom stereocenters. The smallest absolute Gasteiger partial charge is 0.228 e. The highest BCUT2D eigenvalue weighted by Crippen LogP contribution is 2.22. The predicted octanol–water partition coefficient (Wildman–Crippen LogP) is 2.33. The second-order valence-corrected chi connectivity index (χ2v) is 6.19. The molecule has 116 valence electrons. The fourth-order valence-corrected chi connectivity index (χ4v) is 3.19. The summed E-state index contributed by atoms with van der Waals surface area (Å²) in [7, 11) is 1.84. The van der Waals surface area contributed by atoms with E-state index in [-0.39, 0.29) is 12.0 Å². The number of carbonyl (C=O) groups is 1. The van der Waals surface area contributed by atoms with Gasteiger partial charge in [0.25, 0.3) is 0 Å². The van der Waals surface area contributed by atoms with E-state index in [1.807, 2.05) is 47.7 Å². The topological polar surface area (TPSA) is 54.5 Å². The first-order chi connectivity index (χ1) is 10.8. The van der Waals surface area contributed by atoms with Crippen molar-refractivity contribution in [3.63, 3.8) is 0 Å². The van der Waals surface area contributed by atoms with E-state index in [4.69, 9.17) is 4.74 Å². The quantitative estimate of drug-likeness (QED) is 0.940. The van der Waals surface area contributed by atoms with Crippen LogP contribution in [0.15, 0.2) is 35.7 Å². The molecular formula is C16H19N3O2S. The molecule has 2 aromatic heterocycles. The summed E-state index contributed by atoms with van der Waals surface area (Å²) < 4.78 is 5.80. The largest absolute Gasteiger partial charge is 0.373 e. The van der Waals surface area contributed by atoms with Crippen molar-refractivity contribution in [1.82, 2.24) is 9.88 Å². The van der Waals surface area contributed by atoms with Gasteiger partial charge in [-0.1, -0.05) is 12.1 Å². The van der Waals surface area contributed by atoms with Gasteiger partial charge in [0.2, 0.25) is 5.91 Å². The number of carbonyl (C=O) groups excluding carboxylic acids is 1. The Morgan fingerprint density at radius 3 is 3.14 bits per heavy atom. The minimum absolute atomic E-state index is 0.153. The van der Waals surface area contributed by atoms with Crippen molar-refractivity contribution in [3.8, 4) is 0 Å². The number of aromatic nitrogens is 1. The lowest BCUT2D eigenvalue weighted by Gasteiger charge is -2.32. The van der Waals surface area contributed by atoms with Crippen molar-refractivity contribution < 1.29 is 9.53 Å². The molecule has 1 fully saturated rings. The maximum absolute atomic E-state index is 12.4. The molecule has 0 unspecified atom stereocenters. The van der Waals surface area contributed by atoms with Crippen LogP contribution in [-0.4, -0.2) is 42.5 Å². The van der Waals surface area contributed by atoms with Crippen LogP contribution in [0.1, 0.15) is 16.7 Å². The summed E-state index contributed by atoms with van der Waals surface area (Å²) in [5.74, 6) is 0.962. The minimum atomic E-state index is -0.158.